The van der Waals surface area contributed by atoms with Crippen LogP contribution in [-0.4, -0.2) is 64.6 Å². The number of nitrogens with zero attached hydrogens (tertiary/aromatic N) is 5. The number of likely N-dealkylation sites (tertiary alicyclic amines) is 1. The second-order valence-corrected chi connectivity index (χ2v) is 14.3. The maximum absolute atomic E-state index is 13.1. The molecule has 3 aromatic rings. The van der Waals surface area contributed by atoms with Gasteiger partial charge in [0.15, 0.2) is 5.82 Å². The van der Waals surface area contributed by atoms with Crippen LogP contribution in [0.2, 0.25) is 5.02 Å². The normalized spacial score (nSPS) is 18.7. The fourth-order valence-corrected chi connectivity index (χ4v) is 6.09. The number of nitrogens with one attached hydrogen (secondary N) is 2. The Labute approximate surface area is 240 Å². The number of sulfone groups is 1. The molecule has 2 aliphatic carbocycles. The summed E-state index contributed by atoms with van der Waals surface area (Å²) in [5, 5.41) is 10.5. The molecule has 2 saturated carbocycles. The Morgan fingerprint density at radius 2 is 1.80 bits per heavy atom. The van der Waals surface area contributed by atoms with Gasteiger partial charge < -0.3 is 20.3 Å². The van der Waals surface area contributed by atoms with Crippen molar-refractivity contribution in [3.05, 3.63) is 41.2 Å². The van der Waals surface area contributed by atoms with Crippen LogP contribution in [0.1, 0.15) is 69.9 Å². The number of anilines is 4. The quantitative estimate of drug-likeness (QED) is 0.310. The monoisotopic (exact) mass is 585 g/mol. The predicted octanol–water partition coefficient (Wildman–Crippen LogP) is 5.68. The summed E-state index contributed by atoms with van der Waals surface area (Å²) in [6.45, 7) is 5.48. The first-order chi connectivity index (χ1) is 19.2. The fraction of sp³-hybridized carbons (Fsp3) is 0.536. The van der Waals surface area contributed by atoms with Crippen LogP contribution < -0.4 is 15.4 Å². The summed E-state index contributed by atoms with van der Waals surface area (Å²) in [5.41, 5.74) is 2.43. The highest BCUT2D eigenvalue weighted by Crippen LogP contribution is 2.40. The van der Waals surface area contributed by atoms with Crippen molar-refractivity contribution in [3.8, 4) is 5.75 Å². The Bertz CT molecular complexity index is 1490. The summed E-state index contributed by atoms with van der Waals surface area (Å²) in [4.78, 5) is 11.4. The first kappa shape index (κ1) is 27.3. The standard InChI is InChI=1S/C28H36ClN7O3S/c1-17(2)40(37,38)27-24(16-36(34-27)20-5-6-20)31-26-22(29)15-30-28(33-26)32-23-9-4-19(14-25(23)39-21-7-8-21)18-10-12-35(3)13-11-18/h4,9,14-18,20-21H,5-8,10-13H2,1-3H3,(H2,30,31,32,33). The third-order valence-corrected chi connectivity index (χ3v) is 10.1. The third kappa shape index (κ3) is 5.91. The van der Waals surface area contributed by atoms with Crippen molar-refractivity contribution >= 4 is 44.6 Å². The zero-order chi connectivity index (χ0) is 28.0. The maximum Gasteiger partial charge on any atom is 0.229 e. The average molecular weight is 586 g/mol. The van der Waals surface area contributed by atoms with Crippen molar-refractivity contribution in [2.24, 2.45) is 0 Å². The maximum atomic E-state index is 13.1. The molecular formula is C28H36ClN7O3S. The molecule has 1 aromatic carbocycles. The molecule has 0 unspecified atom stereocenters. The van der Waals surface area contributed by atoms with Gasteiger partial charge in [0.05, 0.1) is 41.2 Å². The molecule has 0 spiro atoms. The molecule has 2 aromatic heterocycles. The van der Waals surface area contributed by atoms with Crippen molar-refractivity contribution in [3.63, 3.8) is 0 Å². The molecule has 6 rings (SSSR count). The first-order valence-corrected chi connectivity index (χ1v) is 16.0. The molecular weight excluding hydrogens is 550 g/mol. The molecule has 40 heavy (non-hydrogen) atoms. The fourth-order valence-electron chi connectivity index (χ4n) is 4.88. The highest BCUT2D eigenvalue weighted by Gasteiger charge is 2.32. The minimum absolute atomic E-state index is 0.00297. The molecule has 1 aliphatic heterocycles. The lowest BCUT2D eigenvalue weighted by Gasteiger charge is -2.29. The molecule has 0 bridgehead atoms. The van der Waals surface area contributed by atoms with Gasteiger partial charge in [0.2, 0.25) is 20.8 Å². The van der Waals surface area contributed by atoms with Crippen LogP contribution in [0.4, 0.5) is 23.1 Å². The molecule has 0 amide bonds. The number of ether oxygens (including phenoxy) is 1. The van der Waals surface area contributed by atoms with Crippen molar-refractivity contribution in [1.82, 2.24) is 24.6 Å². The van der Waals surface area contributed by atoms with E-state index in [1.54, 1.807) is 24.7 Å². The highest BCUT2D eigenvalue weighted by atomic mass is 35.5. The topological polar surface area (TPSA) is 114 Å². The number of hydrogen-bond acceptors (Lipinski definition) is 9. The zero-order valence-corrected chi connectivity index (χ0v) is 24.7. The van der Waals surface area contributed by atoms with E-state index in [2.05, 4.69) is 49.8 Å². The largest absolute Gasteiger partial charge is 0.488 e. The van der Waals surface area contributed by atoms with Crippen LogP contribution in [-0.2, 0) is 9.84 Å². The van der Waals surface area contributed by atoms with Gasteiger partial charge >= 0.3 is 0 Å². The van der Waals surface area contributed by atoms with Gasteiger partial charge in [0.25, 0.3) is 0 Å². The van der Waals surface area contributed by atoms with E-state index in [-0.39, 0.29) is 22.2 Å². The average Bonchev–Trinajstić information content (AvgIpc) is 3.87. The van der Waals surface area contributed by atoms with Crippen LogP contribution >= 0.6 is 11.6 Å². The zero-order valence-electron chi connectivity index (χ0n) is 23.1. The van der Waals surface area contributed by atoms with Gasteiger partial charge in [-0.1, -0.05) is 17.7 Å². The second-order valence-electron chi connectivity index (χ2n) is 11.4. The molecule has 10 nitrogen and oxygen atoms in total. The van der Waals surface area contributed by atoms with Gasteiger partial charge in [0.1, 0.15) is 10.8 Å². The Morgan fingerprint density at radius 3 is 2.48 bits per heavy atom. The predicted molar refractivity (Wildman–Crippen MR) is 156 cm³/mol. The number of halogens is 1. The van der Waals surface area contributed by atoms with Crippen molar-refractivity contribution < 1.29 is 13.2 Å². The lowest BCUT2D eigenvalue weighted by atomic mass is 9.89. The van der Waals surface area contributed by atoms with Crippen molar-refractivity contribution in [2.45, 2.75) is 80.7 Å². The van der Waals surface area contributed by atoms with Crippen LogP contribution in [0.5, 0.6) is 5.75 Å². The van der Waals surface area contributed by atoms with E-state index < -0.39 is 15.1 Å². The highest BCUT2D eigenvalue weighted by molar-refractivity contribution is 7.92. The molecule has 0 radical (unpaired) electrons. The smallest absolute Gasteiger partial charge is 0.229 e. The summed E-state index contributed by atoms with van der Waals surface area (Å²) in [6, 6.07) is 6.56. The van der Waals surface area contributed by atoms with E-state index in [4.69, 9.17) is 16.3 Å². The number of aromatic nitrogens is 4. The third-order valence-electron chi connectivity index (χ3n) is 7.77. The molecule has 12 heteroatoms. The van der Waals surface area contributed by atoms with Gasteiger partial charge in [-0.15, -0.1) is 0 Å². The van der Waals surface area contributed by atoms with Gasteiger partial charge in [-0.2, -0.15) is 10.1 Å². The minimum Gasteiger partial charge on any atom is -0.488 e. The summed E-state index contributed by atoms with van der Waals surface area (Å²) >= 11 is 6.47. The van der Waals surface area contributed by atoms with Gasteiger partial charge in [-0.25, -0.2) is 13.4 Å². The molecule has 3 heterocycles. The molecule has 214 valence electrons. The number of piperidine rings is 1. The summed E-state index contributed by atoms with van der Waals surface area (Å²) in [5.74, 6) is 1.93. The first-order valence-electron chi connectivity index (χ1n) is 14.1. The summed E-state index contributed by atoms with van der Waals surface area (Å²) in [7, 11) is -1.46. The van der Waals surface area contributed by atoms with Gasteiger partial charge in [0, 0.05) is 0 Å². The minimum atomic E-state index is -3.63. The van der Waals surface area contributed by atoms with Gasteiger partial charge in [-0.3, -0.25) is 4.68 Å². The van der Waals surface area contributed by atoms with E-state index in [1.807, 2.05) is 6.07 Å². The van der Waals surface area contributed by atoms with E-state index >= 15 is 0 Å². The Hall–Kier alpha value is -2.89. The van der Waals surface area contributed by atoms with Crippen LogP contribution in [0.15, 0.2) is 35.6 Å². The molecule has 1 saturated heterocycles. The number of benzene rings is 1. The lowest BCUT2D eigenvalue weighted by molar-refractivity contribution is 0.254. The van der Waals surface area contributed by atoms with E-state index in [0.717, 1.165) is 63.1 Å². The Balaban J connectivity index is 1.27. The second kappa shape index (κ2) is 10.8. The van der Waals surface area contributed by atoms with Crippen molar-refractivity contribution in [1.29, 1.82) is 0 Å². The Kier molecular flexibility index (Phi) is 7.39. The van der Waals surface area contributed by atoms with Crippen LogP contribution in [0, 0.1) is 0 Å². The van der Waals surface area contributed by atoms with Crippen LogP contribution in [0.25, 0.3) is 0 Å². The summed E-state index contributed by atoms with van der Waals surface area (Å²) < 4.78 is 34.2. The SMILES string of the molecule is CC(C)S(=O)(=O)c1nn(C2CC2)cc1Nc1nc(Nc2ccc(C3CCN(C)CC3)cc2OC2CC2)ncc1Cl. The summed E-state index contributed by atoms with van der Waals surface area (Å²) in [6.07, 6.45) is 9.79. The van der Waals surface area contributed by atoms with Crippen LogP contribution in [0.3, 0.4) is 0 Å². The lowest BCUT2D eigenvalue weighted by Crippen LogP contribution is -2.29. The van der Waals surface area contributed by atoms with Crippen molar-refractivity contribution in [2.75, 3.05) is 30.8 Å². The molecule has 0 atom stereocenters. The number of hydrogen-bond donors (Lipinski definition) is 2. The molecule has 3 fully saturated rings. The number of rotatable bonds is 10. The van der Waals surface area contributed by atoms with Gasteiger partial charge in [-0.05, 0) is 96.1 Å². The van der Waals surface area contributed by atoms with E-state index in [9.17, 15) is 8.42 Å². The Morgan fingerprint density at radius 1 is 1.05 bits per heavy atom. The van der Waals surface area contributed by atoms with E-state index in [1.165, 1.54) is 11.8 Å². The molecule has 3 aliphatic rings. The molecule has 2 N–H and O–H groups in total. The van der Waals surface area contributed by atoms with E-state index in [0.29, 0.717) is 23.4 Å².